The van der Waals surface area contributed by atoms with Crippen molar-refractivity contribution in [3.05, 3.63) is 82.1 Å². The molecule has 0 unspecified atom stereocenters. The Balaban J connectivity index is 1.34. The zero-order valence-corrected chi connectivity index (χ0v) is 20.1. The molecule has 2 aromatic carbocycles. The van der Waals surface area contributed by atoms with Crippen LogP contribution in [0, 0.1) is 5.82 Å². The Morgan fingerprint density at radius 3 is 2.74 bits per heavy atom. The van der Waals surface area contributed by atoms with E-state index in [1.54, 1.807) is 31.4 Å². The van der Waals surface area contributed by atoms with Crippen LogP contribution < -0.4 is 10.6 Å². The van der Waals surface area contributed by atoms with E-state index in [1.165, 1.54) is 23.5 Å². The van der Waals surface area contributed by atoms with Gasteiger partial charge >= 0.3 is 0 Å². The minimum absolute atomic E-state index is 0.0910. The third-order valence-electron chi connectivity index (χ3n) is 5.95. The van der Waals surface area contributed by atoms with Crippen molar-refractivity contribution in [2.75, 3.05) is 45.6 Å². The van der Waals surface area contributed by atoms with Crippen LogP contribution in [0.1, 0.15) is 32.4 Å². The molecule has 2 heterocycles. The number of thiazole rings is 1. The minimum atomic E-state index is -0.258. The molecule has 3 aromatic rings. The SMILES string of the molecule is CNC(=O)c1cccc([C@@H]2CN(CC(=O)Nc3ncc(Cc4ccc(F)cc4)s3)CCN2C)c1. The van der Waals surface area contributed by atoms with E-state index in [0.29, 0.717) is 23.7 Å². The van der Waals surface area contributed by atoms with E-state index < -0.39 is 0 Å². The molecule has 0 aliphatic carbocycles. The summed E-state index contributed by atoms with van der Waals surface area (Å²) in [5, 5.41) is 6.13. The van der Waals surface area contributed by atoms with Crippen molar-refractivity contribution in [3.63, 3.8) is 0 Å². The lowest BCUT2D eigenvalue weighted by molar-refractivity contribution is -0.118. The van der Waals surface area contributed by atoms with E-state index in [1.807, 2.05) is 18.2 Å². The van der Waals surface area contributed by atoms with Crippen LogP contribution in [0.25, 0.3) is 0 Å². The van der Waals surface area contributed by atoms with Crippen molar-refractivity contribution in [2.45, 2.75) is 12.5 Å². The third-order valence-corrected chi connectivity index (χ3v) is 6.86. The van der Waals surface area contributed by atoms with Crippen LogP contribution in [0.2, 0.25) is 0 Å². The monoisotopic (exact) mass is 481 g/mol. The summed E-state index contributed by atoms with van der Waals surface area (Å²) in [5.74, 6) is -0.477. The normalized spacial score (nSPS) is 16.9. The average Bonchev–Trinajstić information content (AvgIpc) is 3.27. The van der Waals surface area contributed by atoms with Crippen molar-refractivity contribution in [1.82, 2.24) is 20.1 Å². The fraction of sp³-hybridized carbons (Fsp3) is 0.320. The molecule has 2 N–H and O–H groups in total. The molecular weight excluding hydrogens is 453 g/mol. The Kier molecular flexibility index (Phi) is 7.66. The number of likely N-dealkylation sites (N-methyl/N-ethyl adjacent to an activating group) is 1. The van der Waals surface area contributed by atoms with E-state index in [2.05, 4.69) is 32.5 Å². The van der Waals surface area contributed by atoms with Gasteiger partial charge in [0.05, 0.1) is 6.54 Å². The maximum Gasteiger partial charge on any atom is 0.251 e. The summed E-state index contributed by atoms with van der Waals surface area (Å²) in [5.41, 5.74) is 2.68. The number of aromatic nitrogens is 1. The van der Waals surface area contributed by atoms with Crippen LogP contribution in [0.5, 0.6) is 0 Å². The Labute approximate surface area is 202 Å². The quantitative estimate of drug-likeness (QED) is 0.542. The smallest absolute Gasteiger partial charge is 0.251 e. The number of halogens is 1. The lowest BCUT2D eigenvalue weighted by Crippen LogP contribution is -2.48. The predicted molar refractivity (Wildman–Crippen MR) is 132 cm³/mol. The molecule has 1 aliphatic heterocycles. The van der Waals surface area contributed by atoms with Gasteiger partial charge < -0.3 is 10.6 Å². The van der Waals surface area contributed by atoms with E-state index >= 15 is 0 Å². The highest BCUT2D eigenvalue weighted by Crippen LogP contribution is 2.25. The molecule has 178 valence electrons. The molecule has 0 saturated carbocycles. The van der Waals surface area contributed by atoms with Gasteiger partial charge in [-0.15, -0.1) is 11.3 Å². The first kappa shape index (κ1) is 24.0. The summed E-state index contributed by atoms with van der Waals surface area (Å²) in [6.07, 6.45) is 2.39. The lowest BCUT2D eigenvalue weighted by Gasteiger charge is -2.39. The number of rotatable bonds is 7. The number of nitrogens with zero attached hydrogens (tertiary/aromatic N) is 3. The highest BCUT2D eigenvalue weighted by Gasteiger charge is 2.27. The summed E-state index contributed by atoms with van der Waals surface area (Å²) < 4.78 is 13.1. The molecule has 4 rings (SSSR count). The summed E-state index contributed by atoms with van der Waals surface area (Å²) >= 11 is 1.43. The molecule has 1 aromatic heterocycles. The van der Waals surface area contributed by atoms with Gasteiger partial charge in [0, 0.05) is 55.8 Å². The molecule has 1 fully saturated rings. The number of anilines is 1. The van der Waals surface area contributed by atoms with Crippen molar-refractivity contribution in [3.8, 4) is 0 Å². The maximum absolute atomic E-state index is 13.1. The number of carbonyl (C=O) groups excluding carboxylic acids is 2. The minimum Gasteiger partial charge on any atom is -0.355 e. The number of benzene rings is 2. The first-order valence-electron chi connectivity index (χ1n) is 11.1. The first-order chi connectivity index (χ1) is 16.4. The first-order valence-corrected chi connectivity index (χ1v) is 12.0. The van der Waals surface area contributed by atoms with Gasteiger partial charge in [0.15, 0.2) is 5.13 Å². The molecule has 0 bridgehead atoms. The lowest BCUT2D eigenvalue weighted by atomic mass is 10.00. The Morgan fingerprint density at radius 1 is 1.18 bits per heavy atom. The molecule has 1 aliphatic rings. The van der Waals surface area contributed by atoms with Crippen molar-refractivity contribution in [1.29, 1.82) is 0 Å². The second kappa shape index (κ2) is 10.9. The molecule has 1 saturated heterocycles. The number of carbonyl (C=O) groups is 2. The summed E-state index contributed by atoms with van der Waals surface area (Å²) in [7, 11) is 3.68. The summed E-state index contributed by atoms with van der Waals surface area (Å²) in [6, 6.07) is 14.1. The van der Waals surface area contributed by atoms with Crippen molar-refractivity contribution >= 4 is 28.3 Å². The van der Waals surface area contributed by atoms with Gasteiger partial charge in [-0.1, -0.05) is 24.3 Å². The van der Waals surface area contributed by atoms with Gasteiger partial charge in [-0.25, -0.2) is 9.37 Å². The van der Waals surface area contributed by atoms with E-state index in [9.17, 15) is 14.0 Å². The molecule has 34 heavy (non-hydrogen) atoms. The van der Waals surface area contributed by atoms with Crippen LogP contribution in [-0.2, 0) is 11.2 Å². The molecule has 0 radical (unpaired) electrons. The number of amides is 2. The Bertz CT molecular complexity index is 1150. The van der Waals surface area contributed by atoms with Crippen LogP contribution in [0.4, 0.5) is 9.52 Å². The Morgan fingerprint density at radius 2 is 1.97 bits per heavy atom. The maximum atomic E-state index is 13.1. The number of piperazine rings is 1. The van der Waals surface area contributed by atoms with Gasteiger partial charge in [-0.2, -0.15) is 0 Å². The molecule has 1 atom stereocenters. The van der Waals surface area contributed by atoms with Crippen LogP contribution in [-0.4, -0.2) is 66.9 Å². The van der Waals surface area contributed by atoms with E-state index in [0.717, 1.165) is 29.1 Å². The Hall–Kier alpha value is -3.14. The zero-order valence-electron chi connectivity index (χ0n) is 19.3. The van der Waals surface area contributed by atoms with Gasteiger partial charge in [0.25, 0.3) is 5.91 Å². The standard InChI is InChI=1S/C25H28FN5O2S/c1-27-24(33)19-5-3-4-18(13-19)22-15-31(11-10-30(22)2)16-23(32)29-25-28-14-21(34-25)12-17-6-8-20(26)9-7-17/h3-9,13-14,22H,10-12,15-16H2,1-2H3,(H,27,33)(H,28,29,32)/t22-/m0/s1. The largest absolute Gasteiger partial charge is 0.355 e. The topological polar surface area (TPSA) is 77.6 Å². The molecule has 0 spiro atoms. The number of hydrogen-bond donors (Lipinski definition) is 2. The van der Waals surface area contributed by atoms with E-state index in [-0.39, 0.29) is 30.2 Å². The zero-order chi connectivity index (χ0) is 24.1. The van der Waals surface area contributed by atoms with Crippen LogP contribution >= 0.6 is 11.3 Å². The van der Waals surface area contributed by atoms with Gasteiger partial charge in [-0.3, -0.25) is 19.4 Å². The highest BCUT2D eigenvalue weighted by molar-refractivity contribution is 7.15. The number of hydrogen-bond acceptors (Lipinski definition) is 6. The molecular formula is C25H28FN5O2S. The second-order valence-corrected chi connectivity index (χ2v) is 9.53. The fourth-order valence-corrected chi connectivity index (χ4v) is 4.94. The molecule has 9 heteroatoms. The third kappa shape index (κ3) is 6.05. The number of nitrogens with one attached hydrogen (secondary N) is 2. The van der Waals surface area contributed by atoms with Crippen molar-refractivity contribution in [2.24, 2.45) is 0 Å². The average molecular weight is 482 g/mol. The van der Waals surface area contributed by atoms with Gasteiger partial charge in [0.2, 0.25) is 5.91 Å². The summed E-state index contributed by atoms with van der Waals surface area (Å²) in [4.78, 5) is 34.4. The van der Waals surface area contributed by atoms with Gasteiger partial charge in [0.1, 0.15) is 5.82 Å². The predicted octanol–water partition coefficient (Wildman–Crippen LogP) is 3.16. The molecule has 2 amide bonds. The van der Waals surface area contributed by atoms with Crippen LogP contribution in [0.15, 0.2) is 54.7 Å². The highest BCUT2D eigenvalue weighted by atomic mass is 32.1. The fourth-order valence-electron chi connectivity index (χ4n) is 4.08. The molecule has 7 nitrogen and oxygen atoms in total. The van der Waals surface area contributed by atoms with E-state index in [4.69, 9.17) is 0 Å². The van der Waals surface area contributed by atoms with Crippen molar-refractivity contribution < 1.29 is 14.0 Å². The second-order valence-electron chi connectivity index (χ2n) is 8.42. The summed E-state index contributed by atoms with van der Waals surface area (Å²) in [6.45, 7) is 2.56. The van der Waals surface area contributed by atoms with Crippen LogP contribution in [0.3, 0.4) is 0 Å². The van der Waals surface area contributed by atoms with Gasteiger partial charge in [-0.05, 0) is 42.4 Å².